The summed E-state index contributed by atoms with van der Waals surface area (Å²) in [6.45, 7) is -1.45. The van der Waals surface area contributed by atoms with Crippen LogP contribution in [0, 0.1) is 5.92 Å². The van der Waals surface area contributed by atoms with Gasteiger partial charge in [-0.05, 0) is 0 Å². The standard InChI is InChI=1S/C48H44NO7PS/c1-35(55-37(3)51)45-46(53)49(47(45)58-48(38-22-10-4-11-23-38,39-24-12-5-13-25-39)40-26-14-6-15-27-40)57(41-28-16-7-17-29-41,42-30-18-8-19-31-42,43-32-20-9-21-33-43)56-44(52)34-54-36(2)50/h4-33,35,45,47H,34H2,1-3H3. The average Bonchev–Trinajstić information content (AvgIpc) is 3.25. The predicted molar refractivity (Wildman–Crippen MR) is 230 cm³/mol. The van der Waals surface area contributed by atoms with Crippen LogP contribution >= 0.6 is 18.7 Å². The van der Waals surface area contributed by atoms with Crippen LogP contribution in [-0.4, -0.2) is 46.6 Å². The Balaban J connectivity index is 1.62. The fraction of sp³-hybridized carbons (Fsp3) is 0.167. The molecule has 1 aliphatic heterocycles. The summed E-state index contributed by atoms with van der Waals surface area (Å²) < 4.78 is 19.2. The molecule has 0 saturated carbocycles. The third kappa shape index (κ3) is 6.88. The SMILES string of the molecule is CC(=O)OCC(=O)OP(c1ccccc1)(c1ccccc1)(c1ccccc1)N1C(=O)C(C(C)OC(C)=O)C1SC(c1ccccc1)(c1ccccc1)c1ccccc1. The van der Waals surface area contributed by atoms with Gasteiger partial charge >= 0.3 is 345 Å². The van der Waals surface area contributed by atoms with Gasteiger partial charge in [0.15, 0.2) is 0 Å². The third-order valence-electron chi connectivity index (χ3n) is 10.5. The first kappa shape index (κ1) is 40.2. The Morgan fingerprint density at radius 2 is 0.966 bits per heavy atom. The maximum absolute atomic E-state index is 15.8. The molecule has 0 bridgehead atoms. The third-order valence-corrected chi connectivity index (χ3v) is 18.1. The maximum atomic E-state index is 15.8. The molecule has 0 aromatic heterocycles. The second-order valence-corrected chi connectivity index (χ2v) is 19.5. The van der Waals surface area contributed by atoms with Crippen molar-refractivity contribution in [1.29, 1.82) is 0 Å². The van der Waals surface area contributed by atoms with Gasteiger partial charge in [0.2, 0.25) is 0 Å². The van der Waals surface area contributed by atoms with Crippen molar-refractivity contribution in [2.45, 2.75) is 37.0 Å². The molecule has 10 heteroatoms. The number of nitrogens with zero attached hydrogens (tertiary/aromatic N) is 1. The number of hydrogen-bond acceptors (Lipinski definition) is 8. The minimum atomic E-state index is -5.06. The van der Waals surface area contributed by atoms with Gasteiger partial charge in [0.25, 0.3) is 0 Å². The van der Waals surface area contributed by atoms with E-state index in [0.717, 1.165) is 16.7 Å². The van der Waals surface area contributed by atoms with E-state index in [-0.39, 0.29) is 5.91 Å². The van der Waals surface area contributed by atoms with Gasteiger partial charge < -0.3 is 0 Å². The summed E-state index contributed by atoms with van der Waals surface area (Å²) in [7, 11) is 0. The molecular weight excluding hydrogens is 766 g/mol. The van der Waals surface area contributed by atoms with E-state index >= 15 is 4.79 Å². The van der Waals surface area contributed by atoms with Crippen LogP contribution in [0.5, 0.6) is 0 Å². The zero-order valence-electron chi connectivity index (χ0n) is 32.4. The number of carbonyl (C=O) groups is 4. The molecule has 6 aromatic carbocycles. The molecule has 3 unspecified atom stereocenters. The zero-order valence-corrected chi connectivity index (χ0v) is 34.1. The first-order valence-electron chi connectivity index (χ1n) is 19.0. The van der Waals surface area contributed by atoms with E-state index in [1.165, 1.54) is 25.6 Å². The van der Waals surface area contributed by atoms with Gasteiger partial charge in [-0.3, -0.25) is 0 Å². The molecule has 6 aromatic rings. The number of ether oxygens (including phenoxy) is 2. The van der Waals surface area contributed by atoms with E-state index in [0.29, 0.717) is 15.9 Å². The van der Waals surface area contributed by atoms with Crippen LogP contribution in [0.3, 0.4) is 0 Å². The van der Waals surface area contributed by atoms with Gasteiger partial charge in [-0.15, -0.1) is 0 Å². The molecule has 0 N–H and O–H groups in total. The Morgan fingerprint density at radius 3 is 1.31 bits per heavy atom. The molecule has 294 valence electrons. The normalized spacial score (nSPS) is 16.5. The van der Waals surface area contributed by atoms with Crippen molar-refractivity contribution in [2.24, 2.45) is 5.92 Å². The molecule has 3 atom stereocenters. The molecule has 0 radical (unpaired) electrons. The van der Waals surface area contributed by atoms with Crippen molar-refractivity contribution in [3.05, 3.63) is 199 Å². The second-order valence-electron chi connectivity index (χ2n) is 14.1. The van der Waals surface area contributed by atoms with E-state index in [1.54, 1.807) is 11.6 Å². The van der Waals surface area contributed by atoms with E-state index in [2.05, 4.69) is 36.4 Å². The van der Waals surface area contributed by atoms with Crippen LogP contribution in [0.15, 0.2) is 182 Å². The Morgan fingerprint density at radius 1 is 0.603 bits per heavy atom. The fourth-order valence-corrected chi connectivity index (χ4v) is 16.5. The molecule has 1 aliphatic rings. The number of esters is 2. The molecule has 58 heavy (non-hydrogen) atoms. The molecule has 1 amide bonds. The number of hydrogen-bond donors (Lipinski definition) is 0. The van der Waals surface area contributed by atoms with Crippen LogP contribution in [0.1, 0.15) is 37.5 Å². The molecular formula is C48H44NO7PS. The molecule has 1 saturated heterocycles. The quantitative estimate of drug-likeness (QED) is 0.0474. The Kier molecular flexibility index (Phi) is 11.7. The molecule has 1 heterocycles. The molecule has 7 rings (SSSR count). The van der Waals surface area contributed by atoms with Crippen molar-refractivity contribution in [2.75, 3.05) is 6.61 Å². The van der Waals surface area contributed by atoms with Crippen LogP contribution in [0.2, 0.25) is 0 Å². The number of amides is 1. The van der Waals surface area contributed by atoms with E-state index in [9.17, 15) is 14.4 Å². The number of thioether (sulfide) groups is 1. The summed E-state index contributed by atoms with van der Waals surface area (Å²) in [6, 6.07) is 58.4. The molecule has 0 aliphatic carbocycles. The van der Waals surface area contributed by atoms with Crippen LogP contribution < -0.4 is 15.9 Å². The number of β-lactam (4-membered cyclic amide) rings is 1. The topological polar surface area (TPSA) is 99.2 Å². The minimum absolute atomic E-state index is 0.371. The molecule has 1 fully saturated rings. The van der Waals surface area contributed by atoms with Gasteiger partial charge in [-0.2, -0.15) is 0 Å². The summed E-state index contributed by atoms with van der Waals surface area (Å²) in [5, 5.41) is 0.903. The van der Waals surface area contributed by atoms with Gasteiger partial charge in [-0.25, -0.2) is 0 Å². The number of carbonyl (C=O) groups excluding carboxylic acids is 4. The van der Waals surface area contributed by atoms with Crippen molar-refractivity contribution in [3.8, 4) is 0 Å². The first-order chi connectivity index (χ1) is 28.1. The van der Waals surface area contributed by atoms with Gasteiger partial charge in [0.1, 0.15) is 0 Å². The van der Waals surface area contributed by atoms with Crippen LogP contribution in [-0.2, 0) is 37.9 Å². The monoisotopic (exact) mass is 809 g/mol. The van der Waals surface area contributed by atoms with Gasteiger partial charge in [0.05, 0.1) is 0 Å². The Hall–Kier alpha value is -6.02. The fourth-order valence-electron chi connectivity index (χ4n) is 8.19. The zero-order chi connectivity index (χ0) is 40.8. The van der Waals surface area contributed by atoms with Crippen molar-refractivity contribution >= 4 is 58.5 Å². The molecule has 0 spiro atoms. The molecule has 8 nitrogen and oxygen atoms in total. The second kappa shape index (κ2) is 16.8. The van der Waals surface area contributed by atoms with E-state index in [4.69, 9.17) is 14.0 Å². The van der Waals surface area contributed by atoms with E-state index < -0.39 is 53.6 Å². The summed E-state index contributed by atoms with van der Waals surface area (Å²) >= 11 is 1.54. The van der Waals surface area contributed by atoms with Crippen LogP contribution in [0.25, 0.3) is 0 Å². The Bertz CT molecular complexity index is 2170. The summed E-state index contributed by atoms with van der Waals surface area (Å²) in [5.41, 5.74) is 2.84. The average molecular weight is 810 g/mol. The summed E-state index contributed by atoms with van der Waals surface area (Å²) in [4.78, 5) is 55.2. The summed E-state index contributed by atoms with van der Waals surface area (Å²) in [5.74, 6) is -3.28. The van der Waals surface area contributed by atoms with Crippen molar-refractivity contribution in [1.82, 2.24) is 4.67 Å². The predicted octanol–water partition coefficient (Wildman–Crippen LogP) is 7.91. The number of rotatable bonds is 14. The Labute approximate surface area is 343 Å². The van der Waals surface area contributed by atoms with Gasteiger partial charge in [0, 0.05) is 0 Å². The van der Waals surface area contributed by atoms with Gasteiger partial charge in [-0.1, -0.05) is 0 Å². The number of benzene rings is 6. The van der Waals surface area contributed by atoms with Crippen molar-refractivity contribution < 1.29 is 33.2 Å². The first-order valence-corrected chi connectivity index (χ1v) is 22.0. The van der Waals surface area contributed by atoms with E-state index in [1.807, 2.05) is 146 Å². The summed E-state index contributed by atoms with van der Waals surface area (Å²) in [6.07, 6.45) is -0.875. The van der Waals surface area contributed by atoms with Crippen LogP contribution in [0.4, 0.5) is 0 Å². The van der Waals surface area contributed by atoms with Crippen molar-refractivity contribution in [3.63, 3.8) is 0 Å².